The van der Waals surface area contributed by atoms with Crippen molar-refractivity contribution in [3.05, 3.63) is 88.2 Å². The third-order valence-corrected chi connectivity index (χ3v) is 6.89. The van der Waals surface area contributed by atoms with Crippen LogP contribution in [0.15, 0.2) is 60.2 Å². The lowest BCUT2D eigenvalue weighted by molar-refractivity contribution is -0.132. The number of anilines is 1. The van der Waals surface area contributed by atoms with Crippen LogP contribution >= 0.6 is 0 Å². The molecule has 0 saturated carbocycles. The number of benzene rings is 3. The van der Waals surface area contributed by atoms with Crippen molar-refractivity contribution in [3.8, 4) is 17.2 Å². The SMILES string of the molecule is COc1cc(C2/C(=C(\O)c3cc(C(C)(C)C)ccc3C)C(=O)C(=O)N2c2cccc(F)c2)cc(OC)c1OC. The first kappa shape index (κ1) is 27.7. The fraction of sp³-hybridized carbons (Fsp3) is 0.290. The molecule has 3 aromatic carbocycles. The number of hydrogen-bond acceptors (Lipinski definition) is 6. The van der Waals surface area contributed by atoms with Crippen molar-refractivity contribution in [3.63, 3.8) is 0 Å². The van der Waals surface area contributed by atoms with Crippen LogP contribution in [0, 0.1) is 12.7 Å². The van der Waals surface area contributed by atoms with Gasteiger partial charge < -0.3 is 19.3 Å². The first-order valence-electron chi connectivity index (χ1n) is 12.4. The van der Waals surface area contributed by atoms with Gasteiger partial charge in [0.15, 0.2) is 11.5 Å². The van der Waals surface area contributed by atoms with Crippen molar-refractivity contribution < 1.29 is 33.3 Å². The minimum absolute atomic E-state index is 0.132. The molecule has 0 radical (unpaired) electrons. The van der Waals surface area contributed by atoms with Crippen molar-refractivity contribution in [1.29, 1.82) is 0 Å². The quantitative estimate of drug-likeness (QED) is 0.235. The van der Waals surface area contributed by atoms with E-state index in [4.69, 9.17) is 14.2 Å². The number of carbonyl (C=O) groups excluding carboxylic acids is 2. The molecule has 1 atom stereocenters. The van der Waals surface area contributed by atoms with Gasteiger partial charge in [0.25, 0.3) is 11.7 Å². The summed E-state index contributed by atoms with van der Waals surface area (Å²) in [7, 11) is 4.36. The van der Waals surface area contributed by atoms with Gasteiger partial charge in [0.05, 0.1) is 32.9 Å². The fourth-order valence-corrected chi connectivity index (χ4v) is 4.79. The maximum atomic E-state index is 14.3. The number of nitrogens with zero attached hydrogens (tertiary/aromatic N) is 1. The number of halogens is 1. The Bertz CT molecular complexity index is 1460. The zero-order chi connectivity index (χ0) is 28.6. The lowest BCUT2D eigenvalue weighted by atomic mass is 9.84. The molecular formula is C31H32FNO6. The summed E-state index contributed by atoms with van der Waals surface area (Å²) in [5, 5.41) is 11.7. The number of Topliss-reactive ketones (excluding diaryl/α,β-unsaturated/α-hetero) is 1. The fourth-order valence-electron chi connectivity index (χ4n) is 4.79. The van der Waals surface area contributed by atoms with E-state index in [0.717, 1.165) is 11.1 Å². The predicted octanol–water partition coefficient (Wildman–Crippen LogP) is 6.08. The van der Waals surface area contributed by atoms with E-state index in [1.54, 1.807) is 12.1 Å². The lowest BCUT2D eigenvalue weighted by Crippen LogP contribution is -2.29. The number of amides is 1. The number of carbonyl (C=O) groups is 2. The van der Waals surface area contributed by atoms with Gasteiger partial charge >= 0.3 is 0 Å². The molecule has 1 aliphatic heterocycles. The van der Waals surface area contributed by atoms with Gasteiger partial charge in [0.1, 0.15) is 11.6 Å². The number of aliphatic hydroxyl groups is 1. The minimum atomic E-state index is -1.11. The smallest absolute Gasteiger partial charge is 0.300 e. The van der Waals surface area contributed by atoms with E-state index in [0.29, 0.717) is 28.4 Å². The molecule has 1 saturated heterocycles. The molecule has 0 bridgehead atoms. The second kappa shape index (κ2) is 10.4. The van der Waals surface area contributed by atoms with Gasteiger partial charge in [-0.3, -0.25) is 14.5 Å². The highest BCUT2D eigenvalue weighted by Crippen LogP contribution is 2.47. The maximum absolute atomic E-state index is 14.3. The monoisotopic (exact) mass is 533 g/mol. The van der Waals surface area contributed by atoms with Crippen LogP contribution in [0.1, 0.15) is 49.1 Å². The molecule has 1 amide bonds. The zero-order valence-electron chi connectivity index (χ0n) is 23.1. The molecule has 0 aliphatic carbocycles. The first-order valence-corrected chi connectivity index (χ1v) is 12.4. The van der Waals surface area contributed by atoms with Crippen LogP contribution in [0.4, 0.5) is 10.1 Å². The topological polar surface area (TPSA) is 85.3 Å². The normalized spacial score (nSPS) is 16.9. The Morgan fingerprint density at radius 3 is 2.10 bits per heavy atom. The van der Waals surface area contributed by atoms with Gasteiger partial charge in [-0.2, -0.15) is 0 Å². The molecule has 1 fully saturated rings. The zero-order valence-corrected chi connectivity index (χ0v) is 23.1. The van der Waals surface area contributed by atoms with E-state index in [2.05, 4.69) is 0 Å². The van der Waals surface area contributed by atoms with Crippen LogP contribution in [0.25, 0.3) is 5.76 Å². The van der Waals surface area contributed by atoms with E-state index in [-0.39, 0.29) is 22.4 Å². The summed E-state index contributed by atoms with van der Waals surface area (Å²) >= 11 is 0. The summed E-state index contributed by atoms with van der Waals surface area (Å²) in [6.07, 6.45) is 0. The second-order valence-corrected chi connectivity index (χ2v) is 10.4. The Labute approximate surface area is 227 Å². The molecule has 39 heavy (non-hydrogen) atoms. The highest BCUT2D eigenvalue weighted by Gasteiger charge is 2.47. The Morgan fingerprint density at radius 2 is 1.56 bits per heavy atom. The van der Waals surface area contributed by atoms with Crippen LogP contribution < -0.4 is 19.1 Å². The maximum Gasteiger partial charge on any atom is 0.300 e. The molecule has 8 heteroatoms. The molecule has 0 spiro atoms. The van der Waals surface area contributed by atoms with Crippen LogP contribution in [0.2, 0.25) is 0 Å². The van der Waals surface area contributed by atoms with Crippen LogP contribution in [-0.2, 0) is 15.0 Å². The second-order valence-electron chi connectivity index (χ2n) is 10.4. The molecule has 1 heterocycles. The molecular weight excluding hydrogens is 501 g/mol. The highest BCUT2D eigenvalue weighted by molar-refractivity contribution is 6.51. The third-order valence-electron chi connectivity index (χ3n) is 6.89. The molecule has 0 aromatic heterocycles. The number of hydrogen-bond donors (Lipinski definition) is 1. The molecule has 1 N–H and O–H groups in total. The van der Waals surface area contributed by atoms with Gasteiger partial charge in [-0.1, -0.05) is 39.0 Å². The Hall–Kier alpha value is -4.33. The molecule has 4 rings (SSSR count). The van der Waals surface area contributed by atoms with Gasteiger partial charge in [-0.15, -0.1) is 0 Å². The molecule has 3 aromatic rings. The van der Waals surface area contributed by atoms with E-state index >= 15 is 0 Å². The Kier molecular flexibility index (Phi) is 7.41. The van der Waals surface area contributed by atoms with Crippen LogP contribution in [0.5, 0.6) is 17.2 Å². The van der Waals surface area contributed by atoms with Gasteiger partial charge in [0.2, 0.25) is 5.75 Å². The summed E-state index contributed by atoms with van der Waals surface area (Å²) in [5.41, 5.74) is 2.30. The third kappa shape index (κ3) is 4.94. The summed E-state index contributed by atoms with van der Waals surface area (Å²) in [4.78, 5) is 28.3. The van der Waals surface area contributed by atoms with Gasteiger partial charge in [-0.25, -0.2) is 4.39 Å². The van der Waals surface area contributed by atoms with Crippen molar-refractivity contribution in [1.82, 2.24) is 0 Å². The van der Waals surface area contributed by atoms with Crippen molar-refractivity contribution in [2.45, 2.75) is 39.2 Å². The minimum Gasteiger partial charge on any atom is -0.507 e. The number of ether oxygens (including phenoxy) is 3. The molecule has 204 valence electrons. The molecule has 1 aliphatic rings. The van der Waals surface area contributed by atoms with E-state index < -0.39 is 23.5 Å². The summed E-state index contributed by atoms with van der Waals surface area (Å²) in [6, 6.07) is 13.2. The largest absolute Gasteiger partial charge is 0.507 e. The van der Waals surface area contributed by atoms with E-state index in [9.17, 15) is 19.1 Å². The summed E-state index contributed by atoms with van der Waals surface area (Å²) in [5.74, 6) is -1.78. The van der Waals surface area contributed by atoms with Gasteiger partial charge in [0, 0.05) is 11.3 Å². The lowest BCUT2D eigenvalue weighted by Gasteiger charge is -2.27. The standard InChI is InChI=1S/C31H32FNO6/c1-17-11-12-19(31(2,3)4)15-22(17)27(34)25-26(18-13-23(37-5)29(39-7)24(14-18)38-6)33(30(36)28(25)35)21-10-8-9-20(32)16-21/h8-16,26,34H,1-7H3/b27-25+. The average Bonchev–Trinajstić information content (AvgIpc) is 3.17. The van der Waals surface area contributed by atoms with Crippen LogP contribution in [0.3, 0.4) is 0 Å². The van der Waals surface area contributed by atoms with Crippen LogP contribution in [-0.4, -0.2) is 38.1 Å². The average molecular weight is 534 g/mol. The summed E-state index contributed by atoms with van der Waals surface area (Å²) < 4.78 is 30.8. The number of rotatable bonds is 6. The number of aliphatic hydroxyl groups excluding tert-OH is 1. The van der Waals surface area contributed by atoms with Crippen molar-refractivity contribution in [2.24, 2.45) is 0 Å². The first-order chi connectivity index (χ1) is 18.4. The Balaban J connectivity index is 2.06. The molecule has 1 unspecified atom stereocenters. The van der Waals surface area contributed by atoms with Gasteiger partial charge in [-0.05, 0) is 65.4 Å². The van der Waals surface area contributed by atoms with E-state index in [1.165, 1.54) is 50.5 Å². The predicted molar refractivity (Wildman–Crippen MR) is 147 cm³/mol. The Morgan fingerprint density at radius 1 is 0.923 bits per heavy atom. The summed E-state index contributed by atoms with van der Waals surface area (Å²) in [6.45, 7) is 7.94. The van der Waals surface area contributed by atoms with Crippen molar-refractivity contribution in [2.75, 3.05) is 26.2 Å². The van der Waals surface area contributed by atoms with Crippen molar-refractivity contribution >= 4 is 23.1 Å². The number of methoxy groups -OCH3 is 3. The number of aryl methyl sites for hydroxylation is 1. The highest BCUT2D eigenvalue weighted by atomic mass is 19.1. The number of ketones is 1. The van der Waals surface area contributed by atoms with E-state index in [1.807, 2.05) is 45.9 Å². The molecule has 7 nitrogen and oxygen atoms in total.